The number of anilines is 1. The van der Waals surface area contributed by atoms with Crippen LogP contribution < -0.4 is 16.8 Å². The Hall–Kier alpha value is -1.56. The summed E-state index contributed by atoms with van der Waals surface area (Å²) in [6.45, 7) is 2.46. The molecule has 1 aromatic rings. The third-order valence-corrected chi connectivity index (χ3v) is 2.20. The lowest BCUT2D eigenvalue weighted by molar-refractivity contribution is 1.11. The van der Waals surface area contributed by atoms with E-state index in [9.17, 15) is 0 Å². The largest absolute Gasteiger partial charge is 0.369 e. The first-order valence-electron chi connectivity index (χ1n) is 4.78. The number of rotatable bonds is 2. The standard InChI is InChI=1S/C10H14BrN5/c1-2-14-9(12)16-10(13)15-8-5-3-7(11)4-6-8/h3-6H,2H2,1H3,(H5,12,13,14,15,16). The molecule has 0 aliphatic heterocycles. The molecule has 0 spiro atoms. The number of benzene rings is 1. The summed E-state index contributed by atoms with van der Waals surface area (Å²) in [5.41, 5.74) is 12.0. The fourth-order valence-corrected chi connectivity index (χ4v) is 1.29. The van der Waals surface area contributed by atoms with Gasteiger partial charge in [0.05, 0.1) is 0 Å². The fourth-order valence-electron chi connectivity index (χ4n) is 1.03. The summed E-state index contributed by atoms with van der Waals surface area (Å²) in [4.78, 5) is 7.78. The normalized spacial score (nSPS) is 12.6. The van der Waals surface area contributed by atoms with Crippen LogP contribution in [0.15, 0.2) is 38.7 Å². The molecular formula is C10H14BrN5. The van der Waals surface area contributed by atoms with Crippen LogP contribution in [0.1, 0.15) is 6.92 Å². The highest BCUT2D eigenvalue weighted by Crippen LogP contribution is 2.13. The second-order valence-corrected chi connectivity index (χ2v) is 3.88. The van der Waals surface area contributed by atoms with E-state index < -0.39 is 0 Å². The maximum atomic E-state index is 5.64. The lowest BCUT2D eigenvalue weighted by Gasteiger charge is -2.04. The van der Waals surface area contributed by atoms with Crippen molar-refractivity contribution in [3.63, 3.8) is 0 Å². The van der Waals surface area contributed by atoms with E-state index in [0.717, 1.165) is 10.2 Å². The van der Waals surface area contributed by atoms with Gasteiger partial charge in [0.15, 0.2) is 0 Å². The number of hydrogen-bond donors (Lipinski definition) is 3. The zero-order valence-electron chi connectivity index (χ0n) is 8.94. The van der Waals surface area contributed by atoms with E-state index in [1.807, 2.05) is 31.2 Å². The highest BCUT2D eigenvalue weighted by molar-refractivity contribution is 9.10. The Balaban J connectivity index is 2.67. The third kappa shape index (κ3) is 4.31. The Morgan fingerprint density at radius 1 is 1.31 bits per heavy atom. The monoisotopic (exact) mass is 283 g/mol. The van der Waals surface area contributed by atoms with Gasteiger partial charge >= 0.3 is 0 Å². The van der Waals surface area contributed by atoms with Crippen molar-refractivity contribution in [3.8, 4) is 0 Å². The lowest BCUT2D eigenvalue weighted by Crippen LogP contribution is -2.26. The molecule has 0 heterocycles. The average Bonchev–Trinajstić information content (AvgIpc) is 2.21. The molecule has 16 heavy (non-hydrogen) atoms. The van der Waals surface area contributed by atoms with E-state index in [-0.39, 0.29) is 11.9 Å². The van der Waals surface area contributed by atoms with Gasteiger partial charge in [-0.2, -0.15) is 4.99 Å². The summed E-state index contributed by atoms with van der Waals surface area (Å²) in [5, 5.41) is 2.90. The van der Waals surface area contributed by atoms with Crippen LogP contribution in [-0.2, 0) is 0 Å². The SMILES string of the molecule is CCN=C(N)N=C(N)Nc1ccc(Br)cc1. The summed E-state index contributed by atoms with van der Waals surface area (Å²) in [7, 11) is 0. The fraction of sp³-hybridized carbons (Fsp3) is 0.200. The van der Waals surface area contributed by atoms with Crippen LogP contribution in [0.4, 0.5) is 5.69 Å². The first kappa shape index (κ1) is 12.5. The van der Waals surface area contributed by atoms with Crippen molar-refractivity contribution < 1.29 is 0 Å². The van der Waals surface area contributed by atoms with Crippen molar-refractivity contribution in [2.24, 2.45) is 21.5 Å². The van der Waals surface area contributed by atoms with E-state index in [1.54, 1.807) is 0 Å². The van der Waals surface area contributed by atoms with Crippen LogP contribution >= 0.6 is 15.9 Å². The number of nitrogens with one attached hydrogen (secondary N) is 1. The molecule has 0 aromatic heterocycles. The molecule has 0 radical (unpaired) electrons. The van der Waals surface area contributed by atoms with E-state index >= 15 is 0 Å². The number of halogens is 1. The maximum absolute atomic E-state index is 5.64. The Labute approximate surface area is 103 Å². The van der Waals surface area contributed by atoms with Crippen LogP contribution in [0.3, 0.4) is 0 Å². The zero-order chi connectivity index (χ0) is 12.0. The molecular weight excluding hydrogens is 270 g/mol. The summed E-state index contributed by atoms with van der Waals surface area (Å²) in [5.74, 6) is 0.390. The molecule has 0 aliphatic rings. The Morgan fingerprint density at radius 3 is 2.50 bits per heavy atom. The minimum absolute atomic E-state index is 0.171. The Kier molecular flexibility index (Phi) is 4.78. The van der Waals surface area contributed by atoms with Gasteiger partial charge in [-0.25, -0.2) is 0 Å². The van der Waals surface area contributed by atoms with Gasteiger partial charge in [-0.3, -0.25) is 4.99 Å². The van der Waals surface area contributed by atoms with Gasteiger partial charge in [0, 0.05) is 16.7 Å². The molecule has 0 unspecified atom stereocenters. The van der Waals surface area contributed by atoms with Gasteiger partial charge in [0.2, 0.25) is 11.9 Å². The lowest BCUT2D eigenvalue weighted by atomic mass is 10.3. The smallest absolute Gasteiger partial charge is 0.218 e. The first-order valence-corrected chi connectivity index (χ1v) is 5.57. The first-order chi connectivity index (χ1) is 7.61. The summed E-state index contributed by atoms with van der Waals surface area (Å²) in [6, 6.07) is 7.55. The average molecular weight is 284 g/mol. The molecule has 5 nitrogen and oxygen atoms in total. The third-order valence-electron chi connectivity index (χ3n) is 1.67. The van der Waals surface area contributed by atoms with Crippen molar-refractivity contribution >= 4 is 33.5 Å². The van der Waals surface area contributed by atoms with Gasteiger partial charge in [0.1, 0.15) is 0 Å². The number of nitrogens with two attached hydrogens (primary N) is 2. The predicted molar refractivity (Wildman–Crippen MR) is 71.6 cm³/mol. The summed E-state index contributed by atoms with van der Waals surface area (Å²) >= 11 is 3.34. The van der Waals surface area contributed by atoms with Crippen molar-refractivity contribution in [1.82, 2.24) is 0 Å². The number of guanidine groups is 2. The second-order valence-electron chi connectivity index (χ2n) is 2.96. The van der Waals surface area contributed by atoms with Gasteiger partial charge in [-0.05, 0) is 31.2 Å². The Bertz CT molecular complexity index is 396. The maximum Gasteiger partial charge on any atom is 0.218 e. The summed E-state index contributed by atoms with van der Waals surface area (Å²) in [6.07, 6.45) is 0. The van der Waals surface area contributed by atoms with E-state index in [0.29, 0.717) is 6.54 Å². The highest BCUT2D eigenvalue weighted by Gasteiger charge is 1.95. The summed E-state index contributed by atoms with van der Waals surface area (Å²) < 4.78 is 1.00. The van der Waals surface area contributed by atoms with Crippen molar-refractivity contribution in [3.05, 3.63) is 28.7 Å². The van der Waals surface area contributed by atoms with Crippen LogP contribution in [-0.4, -0.2) is 18.5 Å². The molecule has 0 fully saturated rings. The van der Waals surface area contributed by atoms with Crippen LogP contribution in [0.25, 0.3) is 0 Å². The molecule has 0 saturated carbocycles. The molecule has 0 atom stereocenters. The van der Waals surface area contributed by atoms with Crippen molar-refractivity contribution in [2.75, 3.05) is 11.9 Å². The van der Waals surface area contributed by atoms with Gasteiger partial charge in [-0.1, -0.05) is 15.9 Å². The molecule has 1 rings (SSSR count). The number of hydrogen-bond acceptors (Lipinski definition) is 1. The topological polar surface area (TPSA) is 88.8 Å². The predicted octanol–water partition coefficient (Wildman–Crippen LogP) is 1.51. The van der Waals surface area contributed by atoms with Gasteiger partial charge in [-0.15, -0.1) is 0 Å². The van der Waals surface area contributed by atoms with E-state index in [4.69, 9.17) is 11.5 Å². The molecule has 6 heteroatoms. The molecule has 0 amide bonds. The van der Waals surface area contributed by atoms with Crippen LogP contribution in [0.5, 0.6) is 0 Å². The number of aliphatic imine (C=N–C) groups is 2. The minimum atomic E-state index is 0.171. The van der Waals surface area contributed by atoms with E-state index in [2.05, 4.69) is 31.2 Å². The molecule has 1 aromatic carbocycles. The van der Waals surface area contributed by atoms with Crippen molar-refractivity contribution in [2.45, 2.75) is 6.92 Å². The van der Waals surface area contributed by atoms with Gasteiger partial charge < -0.3 is 16.8 Å². The Morgan fingerprint density at radius 2 is 1.94 bits per heavy atom. The highest BCUT2D eigenvalue weighted by atomic mass is 79.9. The molecule has 0 aliphatic carbocycles. The molecule has 0 bridgehead atoms. The van der Waals surface area contributed by atoms with Crippen molar-refractivity contribution in [1.29, 1.82) is 0 Å². The molecule has 86 valence electrons. The minimum Gasteiger partial charge on any atom is -0.369 e. The molecule has 5 N–H and O–H groups in total. The quantitative estimate of drug-likeness (QED) is 0.568. The van der Waals surface area contributed by atoms with Gasteiger partial charge in [0.25, 0.3) is 0 Å². The number of nitrogens with zero attached hydrogens (tertiary/aromatic N) is 2. The van der Waals surface area contributed by atoms with E-state index in [1.165, 1.54) is 0 Å². The van der Waals surface area contributed by atoms with Crippen LogP contribution in [0.2, 0.25) is 0 Å². The van der Waals surface area contributed by atoms with Crippen LogP contribution in [0, 0.1) is 0 Å². The zero-order valence-corrected chi connectivity index (χ0v) is 10.5. The second kappa shape index (κ2) is 6.12. The molecule has 0 saturated heterocycles.